The number of nitrogens with two attached hydrogens (primary N) is 1. The molecule has 4 aromatic rings. The molecule has 0 saturated carbocycles. The lowest BCUT2D eigenvalue weighted by molar-refractivity contribution is -0.364. The molecule has 0 spiro atoms. The number of nitrogens with zero attached hydrogens (tertiary/aromatic N) is 1. The number of Topliss-reactive ketones (excluding diaryl/α,β-unsaturated/α-hetero) is 1. The van der Waals surface area contributed by atoms with Gasteiger partial charge in [0.15, 0.2) is 53.4 Å². The smallest absolute Gasteiger partial charge is 0.343 e. The first kappa shape index (κ1) is 70.3. The van der Waals surface area contributed by atoms with Crippen LogP contribution in [0.3, 0.4) is 0 Å². The second-order valence-corrected chi connectivity index (χ2v) is 27.0. The number of aliphatic hydroxyl groups excluding tert-OH is 4. The summed E-state index contributed by atoms with van der Waals surface area (Å²) in [7, 11) is 1.34. The van der Waals surface area contributed by atoms with Crippen LogP contribution in [0, 0.1) is 11.8 Å². The number of rotatable bonds is 15. The number of hydrogen-bond donors (Lipinski definition) is 10. The van der Waals surface area contributed by atoms with Crippen molar-refractivity contribution in [2.45, 2.75) is 125 Å². The summed E-state index contributed by atoms with van der Waals surface area (Å²) >= 11 is 11.2. The van der Waals surface area contributed by atoms with E-state index in [1.807, 2.05) is 0 Å². The highest BCUT2D eigenvalue weighted by atomic mass is 35.5. The summed E-state index contributed by atoms with van der Waals surface area (Å²) in [6.07, 6.45) is -11.0. The third-order valence-corrected chi connectivity index (χ3v) is 21.1. The van der Waals surface area contributed by atoms with E-state index >= 15 is 0 Å². The molecule has 32 heteroatoms. The maximum absolute atomic E-state index is 13.6. The van der Waals surface area contributed by atoms with Crippen LogP contribution in [0.1, 0.15) is 111 Å². The van der Waals surface area contributed by atoms with Crippen molar-refractivity contribution < 1.29 is 126 Å². The van der Waals surface area contributed by atoms with Gasteiger partial charge in [0.25, 0.3) is 0 Å². The Morgan fingerprint density at radius 3 is 2.12 bits per heavy atom. The lowest BCUT2D eigenvalue weighted by Gasteiger charge is -2.47. The van der Waals surface area contributed by atoms with Gasteiger partial charge in [-0.1, -0.05) is 12.1 Å². The van der Waals surface area contributed by atoms with Crippen LogP contribution >= 0.6 is 30.9 Å². The van der Waals surface area contributed by atoms with Crippen molar-refractivity contribution in [2.24, 2.45) is 17.6 Å². The maximum Gasteiger partial charge on any atom is 0.343 e. The molecule has 95 heavy (non-hydrogen) atoms. The molecule has 3 aliphatic carbocycles. The summed E-state index contributed by atoms with van der Waals surface area (Å²) in [4.78, 5) is 53.1. The van der Waals surface area contributed by atoms with E-state index in [0.717, 1.165) is 13.0 Å². The fourth-order valence-electron chi connectivity index (χ4n) is 13.8. The predicted octanol–water partition coefficient (Wildman–Crippen LogP) is 3.22. The van der Waals surface area contributed by atoms with Crippen LogP contribution in [-0.4, -0.2) is 222 Å². The van der Waals surface area contributed by atoms with Crippen LogP contribution in [0.15, 0.2) is 42.5 Å². The fraction of sp³-hybridized carbons (Fsp3) is 0.556. The average molecular weight is 1390 g/mol. The number of carbonyl (C=O) groups is 4. The van der Waals surface area contributed by atoms with E-state index in [9.17, 15) is 64.6 Å². The number of hydrogen-bond acceptors (Lipinski definition) is 27. The Morgan fingerprint density at radius 1 is 0.811 bits per heavy atom. The Labute approximate surface area is 554 Å². The third-order valence-electron chi connectivity index (χ3n) is 18.5. The van der Waals surface area contributed by atoms with Crippen molar-refractivity contribution in [3.63, 3.8) is 0 Å². The second-order valence-electron chi connectivity index (χ2n) is 24.1. The number of phenols is 3. The molecule has 17 atom stereocenters. The Balaban J connectivity index is 0.000000162. The molecule has 0 radical (unpaired) electrons. The Bertz CT molecular complexity index is 3570. The van der Waals surface area contributed by atoms with Crippen molar-refractivity contribution in [3.8, 4) is 46.0 Å². The molecule has 6 heterocycles. The highest BCUT2D eigenvalue weighted by Crippen LogP contribution is 2.58. The normalized spacial score (nSPS) is 32.5. The molecule has 9 aliphatic rings. The molecule has 3 unspecified atom stereocenters. The zero-order chi connectivity index (χ0) is 68.1. The van der Waals surface area contributed by atoms with Gasteiger partial charge in [-0.15, -0.1) is 23.2 Å². The quantitative estimate of drug-likeness (QED) is 0.0311. The van der Waals surface area contributed by atoms with Crippen LogP contribution in [0.2, 0.25) is 0 Å². The second kappa shape index (κ2) is 28.8. The highest BCUT2D eigenvalue weighted by molar-refractivity contribution is 7.54. The molecule has 5 saturated heterocycles. The van der Waals surface area contributed by atoms with Crippen molar-refractivity contribution >= 4 is 54.2 Å². The van der Waals surface area contributed by atoms with Gasteiger partial charge in [-0.3, -0.25) is 23.7 Å². The summed E-state index contributed by atoms with van der Waals surface area (Å²) in [5, 5.41) is 89.1. The van der Waals surface area contributed by atoms with E-state index in [0.29, 0.717) is 59.6 Å². The van der Waals surface area contributed by atoms with E-state index in [-0.39, 0.29) is 71.7 Å². The minimum absolute atomic E-state index is 0.0173. The number of aromatic hydroxyl groups is 3. The van der Waals surface area contributed by atoms with Crippen molar-refractivity contribution in [1.29, 1.82) is 0 Å². The van der Waals surface area contributed by atoms with Crippen LogP contribution < -0.4 is 34.5 Å². The zero-order valence-corrected chi connectivity index (χ0v) is 54.7. The standard InChI is InChI=1S/C29H32O13.C27H29NO11.C7H15Cl2N2O2P/c1-11-36-9-20-27(40-11)24(31)25(32)29(41-20)42-26-14-7-17-16(38-10-39-17)6-13(14)21(22-15(26)8-37-28(22)33)12-4-18(34-2)23(30)19(5-12)35-3;1-10-22(31)13(28)6-17(38-10)39-15-8-27(36,16(30)9-29)7-12-19(15)26(35)21-20(24(12)33)23(32)11-4-3-5-14(37-2)18(11)25(21)34;8-2-5-11(6-3-9)14(12)10-4-1-7-13-14/h4-7,11,15,20-22,24-27,29-32H,8-10H2,1-3H3;3-5,10,13,15,17,22,29,31,33,35-36H,6-9,28H2,1-2H3;1-7H2,(H,10,12)/t11-,15?,20-,21-,22+,24-,25-,26?,27-,29+;10-,13-,15-,17-,22+,27-;/m10./s1. The molecule has 6 aliphatic heterocycles. The molecule has 518 valence electrons. The van der Waals surface area contributed by atoms with Gasteiger partial charge >= 0.3 is 13.6 Å². The number of aliphatic hydroxyl groups is 5. The molecule has 13 rings (SSSR count). The molecule has 29 nitrogen and oxygen atoms in total. The molecule has 0 bridgehead atoms. The SMILES string of the molecule is COc1cc([C@@H]2c3cc4c(cc3C(O[C@@H]3O[C@@H]5CO[C@@H](C)O[C@H]5[C@H](O)[C@H]3O)C3COC(=O)[C@@H]32)OCO4)cc(OC)c1O.COc1cccc2c1C(=O)c1c(O)c3c(c(O)c1C2=O)C[C@@](O)(C(=O)CO)C[C@@H]3O[C@H]1C[C@H](N)[C@H](O)[C@H](C)O1.O=P1(N(CCCl)CCCl)NCCCO1. The molecular weight excluding hydrogens is 1320 g/mol. The minimum Gasteiger partial charge on any atom is -0.507 e. The third kappa shape index (κ3) is 13.2. The van der Waals surface area contributed by atoms with Crippen LogP contribution in [0.25, 0.3) is 0 Å². The van der Waals surface area contributed by atoms with Crippen LogP contribution in [0.5, 0.6) is 46.0 Å². The number of phenolic OH excluding ortho intramolecular Hbond substituents is 3. The first-order valence-electron chi connectivity index (χ1n) is 30.8. The highest BCUT2D eigenvalue weighted by Gasteiger charge is 2.57. The number of halogens is 2. The number of cyclic esters (lactones) is 1. The van der Waals surface area contributed by atoms with Gasteiger partial charge in [0.2, 0.25) is 18.3 Å². The number of ether oxygens (including phenoxy) is 12. The fourth-order valence-corrected chi connectivity index (χ4v) is 16.4. The van der Waals surface area contributed by atoms with Gasteiger partial charge in [-0.25, -0.2) is 9.76 Å². The number of nitrogens with one attached hydrogen (secondary N) is 1. The number of methoxy groups -OCH3 is 3. The van der Waals surface area contributed by atoms with E-state index < -0.39 is 170 Å². The number of carbonyl (C=O) groups excluding carboxylic acids is 4. The van der Waals surface area contributed by atoms with Gasteiger partial charge < -0.3 is 108 Å². The van der Waals surface area contributed by atoms with E-state index in [4.69, 9.17) is 90.3 Å². The lowest BCUT2D eigenvalue weighted by Crippen LogP contribution is -2.63. The monoisotopic (exact) mass is 1390 g/mol. The summed E-state index contributed by atoms with van der Waals surface area (Å²) in [6.45, 7) is 4.79. The first-order chi connectivity index (χ1) is 45.4. The Kier molecular flexibility index (Phi) is 21.3. The van der Waals surface area contributed by atoms with Crippen molar-refractivity contribution in [1.82, 2.24) is 9.76 Å². The molecule has 0 aromatic heterocycles. The zero-order valence-electron chi connectivity index (χ0n) is 52.3. The average Bonchev–Trinajstić information content (AvgIpc) is 1.72. The number of alkyl halides is 2. The van der Waals surface area contributed by atoms with Gasteiger partial charge in [0, 0.05) is 85.2 Å². The molecule has 5 fully saturated rings. The molecule has 4 aromatic carbocycles. The van der Waals surface area contributed by atoms with Gasteiger partial charge in [-0.05, 0) is 67.3 Å². The van der Waals surface area contributed by atoms with E-state index in [1.54, 1.807) is 42.8 Å². The first-order valence-corrected chi connectivity index (χ1v) is 33.4. The van der Waals surface area contributed by atoms with Gasteiger partial charge in [0.1, 0.15) is 53.9 Å². The summed E-state index contributed by atoms with van der Waals surface area (Å²) < 4.78 is 87.7. The number of esters is 1. The largest absolute Gasteiger partial charge is 0.507 e. The summed E-state index contributed by atoms with van der Waals surface area (Å²) in [5.74, 6) is -3.95. The summed E-state index contributed by atoms with van der Waals surface area (Å²) in [5.41, 5.74) is 4.39. The predicted molar refractivity (Wildman–Crippen MR) is 329 cm³/mol. The molecular formula is C63H76Cl2N3O26P. The minimum atomic E-state index is -2.84. The number of benzene rings is 4. The molecule has 0 amide bonds. The maximum atomic E-state index is 13.6. The van der Waals surface area contributed by atoms with E-state index in [1.165, 1.54) is 39.5 Å². The lowest BCUT2D eigenvalue weighted by atomic mass is 9.66. The molecule has 11 N–H and O–H groups in total. The van der Waals surface area contributed by atoms with Crippen molar-refractivity contribution in [2.75, 3.05) is 85.9 Å². The topological polar surface area (TPSA) is 408 Å². The van der Waals surface area contributed by atoms with Crippen LogP contribution in [0.4, 0.5) is 0 Å². The summed E-state index contributed by atoms with van der Waals surface area (Å²) in [6, 6.07) is 10.6. The van der Waals surface area contributed by atoms with Crippen molar-refractivity contribution in [3.05, 3.63) is 92.5 Å². The Hall–Kier alpha value is -6.03. The number of ketones is 3. The Morgan fingerprint density at radius 2 is 1.48 bits per heavy atom. The number of fused-ring (bicyclic) bond motifs is 7. The van der Waals surface area contributed by atoms with Gasteiger partial charge in [-0.2, -0.15) is 0 Å². The van der Waals surface area contributed by atoms with E-state index in [2.05, 4.69) is 5.09 Å². The van der Waals surface area contributed by atoms with Gasteiger partial charge in [0.05, 0.1) is 88.2 Å². The van der Waals surface area contributed by atoms with Crippen LogP contribution in [-0.2, 0) is 58.3 Å².